The molecule has 0 aliphatic heterocycles. The molecule has 5 heteroatoms. The molecule has 4 nitrogen and oxygen atoms in total. The first-order valence-corrected chi connectivity index (χ1v) is 6.93. The summed E-state index contributed by atoms with van der Waals surface area (Å²) in [5, 5.41) is 14.4. The third-order valence-electron chi connectivity index (χ3n) is 3.18. The van der Waals surface area contributed by atoms with Crippen molar-refractivity contribution in [2.24, 2.45) is 0 Å². The number of benzene rings is 1. The number of nitrogens with zero attached hydrogens (tertiary/aromatic N) is 1. The van der Waals surface area contributed by atoms with Crippen LogP contribution in [0.25, 0.3) is 0 Å². The van der Waals surface area contributed by atoms with Crippen LogP contribution in [0.15, 0.2) is 29.1 Å². The van der Waals surface area contributed by atoms with E-state index in [1.165, 1.54) is 11.3 Å². The van der Waals surface area contributed by atoms with Crippen LogP contribution in [0.4, 0.5) is 0 Å². The van der Waals surface area contributed by atoms with Crippen LogP contribution in [0.3, 0.4) is 0 Å². The minimum Gasteiger partial charge on any atom is -0.480 e. The summed E-state index contributed by atoms with van der Waals surface area (Å²) in [6.07, 6.45) is 0. The van der Waals surface area contributed by atoms with E-state index in [-0.39, 0.29) is 0 Å². The van der Waals surface area contributed by atoms with Crippen LogP contribution >= 0.6 is 11.3 Å². The summed E-state index contributed by atoms with van der Waals surface area (Å²) >= 11 is 1.50. The summed E-state index contributed by atoms with van der Waals surface area (Å²) < 4.78 is 0. The highest BCUT2D eigenvalue weighted by molar-refractivity contribution is 7.07. The maximum Gasteiger partial charge on any atom is 0.325 e. The molecule has 1 atom stereocenters. The molecule has 2 aromatic rings. The Balaban J connectivity index is 2.20. The molecule has 1 aromatic carbocycles. The average Bonchev–Trinajstić information content (AvgIpc) is 2.87. The predicted octanol–water partition coefficient (Wildman–Crippen LogP) is 2.68. The van der Waals surface area contributed by atoms with E-state index in [0.29, 0.717) is 6.54 Å². The van der Waals surface area contributed by atoms with E-state index in [1.807, 2.05) is 37.4 Å². The quantitative estimate of drug-likeness (QED) is 0.881. The highest BCUT2D eigenvalue weighted by Crippen LogP contribution is 2.21. The summed E-state index contributed by atoms with van der Waals surface area (Å²) in [5.74, 6) is -0.871. The Morgan fingerprint density at radius 2 is 2.26 bits per heavy atom. The SMILES string of the molecule is Cc1cccc(C(NCc2cscn2)C(=O)O)c1C. The third-order valence-corrected chi connectivity index (χ3v) is 3.81. The fraction of sp³-hybridized carbons (Fsp3) is 0.286. The number of hydrogen-bond acceptors (Lipinski definition) is 4. The monoisotopic (exact) mass is 276 g/mol. The summed E-state index contributed by atoms with van der Waals surface area (Å²) in [6, 6.07) is 5.02. The second-order valence-corrected chi connectivity index (χ2v) is 5.14. The number of hydrogen-bond donors (Lipinski definition) is 2. The van der Waals surface area contributed by atoms with Gasteiger partial charge in [0, 0.05) is 11.9 Å². The van der Waals surface area contributed by atoms with E-state index >= 15 is 0 Å². The normalized spacial score (nSPS) is 12.3. The van der Waals surface area contributed by atoms with Crippen molar-refractivity contribution in [1.29, 1.82) is 0 Å². The molecule has 1 unspecified atom stereocenters. The second kappa shape index (κ2) is 5.95. The highest BCUT2D eigenvalue weighted by atomic mass is 32.1. The summed E-state index contributed by atoms with van der Waals surface area (Å²) in [4.78, 5) is 15.6. The maximum atomic E-state index is 11.4. The van der Waals surface area contributed by atoms with E-state index in [4.69, 9.17) is 0 Å². The Bertz CT molecular complexity index is 567. The zero-order valence-corrected chi connectivity index (χ0v) is 11.7. The van der Waals surface area contributed by atoms with Crippen molar-refractivity contribution in [3.63, 3.8) is 0 Å². The van der Waals surface area contributed by atoms with Crippen molar-refractivity contribution in [1.82, 2.24) is 10.3 Å². The van der Waals surface area contributed by atoms with Crippen LogP contribution < -0.4 is 5.32 Å². The van der Waals surface area contributed by atoms with Crippen LogP contribution in [-0.4, -0.2) is 16.1 Å². The van der Waals surface area contributed by atoms with Gasteiger partial charge in [0.1, 0.15) is 6.04 Å². The molecule has 0 aliphatic carbocycles. The first kappa shape index (κ1) is 13.7. The molecule has 0 radical (unpaired) electrons. The molecule has 0 spiro atoms. The number of carboxylic acids is 1. The largest absolute Gasteiger partial charge is 0.480 e. The van der Waals surface area contributed by atoms with E-state index in [2.05, 4.69) is 10.3 Å². The molecule has 0 aliphatic rings. The minimum absolute atomic E-state index is 0.452. The van der Waals surface area contributed by atoms with Gasteiger partial charge in [0.25, 0.3) is 0 Å². The summed E-state index contributed by atoms with van der Waals surface area (Å²) in [5.41, 5.74) is 5.52. The zero-order valence-electron chi connectivity index (χ0n) is 10.9. The highest BCUT2D eigenvalue weighted by Gasteiger charge is 2.21. The molecular formula is C14H16N2O2S. The Labute approximate surface area is 116 Å². The van der Waals surface area contributed by atoms with Crippen LogP contribution in [0.1, 0.15) is 28.4 Å². The van der Waals surface area contributed by atoms with Gasteiger partial charge in [0.15, 0.2) is 0 Å². The Kier molecular flexibility index (Phi) is 4.29. The first-order valence-electron chi connectivity index (χ1n) is 5.99. The van der Waals surface area contributed by atoms with E-state index in [1.54, 1.807) is 5.51 Å². The van der Waals surface area contributed by atoms with Crippen molar-refractivity contribution < 1.29 is 9.90 Å². The lowest BCUT2D eigenvalue weighted by Crippen LogP contribution is -2.29. The standard InChI is InChI=1S/C14H16N2O2S/c1-9-4-3-5-12(10(9)2)13(14(17)18)15-6-11-7-19-8-16-11/h3-5,7-8,13,15H,6H2,1-2H3,(H,17,18). The van der Waals surface area contributed by atoms with Crippen molar-refractivity contribution in [3.8, 4) is 0 Å². The molecule has 19 heavy (non-hydrogen) atoms. The molecule has 1 aromatic heterocycles. The van der Waals surface area contributed by atoms with Gasteiger partial charge in [-0.3, -0.25) is 10.1 Å². The van der Waals surface area contributed by atoms with Crippen LogP contribution in [-0.2, 0) is 11.3 Å². The number of aliphatic carboxylic acids is 1. The van der Waals surface area contributed by atoms with Gasteiger partial charge in [-0.1, -0.05) is 18.2 Å². The van der Waals surface area contributed by atoms with Crippen LogP contribution in [0.5, 0.6) is 0 Å². The number of thiazole rings is 1. The lowest BCUT2D eigenvalue weighted by Gasteiger charge is -2.17. The zero-order chi connectivity index (χ0) is 13.8. The van der Waals surface area contributed by atoms with Crippen molar-refractivity contribution in [2.75, 3.05) is 0 Å². The molecule has 100 valence electrons. The van der Waals surface area contributed by atoms with E-state index < -0.39 is 12.0 Å². The Morgan fingerprint density at radius 3 is 2.89 bits per heavy atom. The fourth-order valence-electron chi connectivity index (χ4n) is 1.95. The van der Waals surface area contributed by atoms with Gasteiger partial charge in [-0.25, -0.2) is 4.98 Å². The van der Waals surface area contributed by atoms with Gasteiger partial charge in [-0.15, -0.1) is 11.3 Å². The molecule has 2 N–H and O–H groups in total. The molecule has 0 saturated carbocycles. The average molecular weight is 276 g/mol. The molecule has 0 saturated heterocycles. The van der Waals surface area contributed by atoms with Gasteiger partial charge in [0.2, 0.25) is 0 Å². The van der Waals surface area contributed by atoms with E-state index in [9.17, 15) is 9.90 Å². The second-order valence-electron chi connectivity index (χ2n) is 4.42. The number of aryl methyl sites for hydroxylation is 1. The van der Waals surface area contributed by atoms with Gasteiger partial charge >= 0.3 is 5.97 Å². The molecule has 0 amide bonds. The molecule has 0 fully saturated rings. The lowest BCUT2D eigenvalue weighted by molar-refractivity contribution is -0.139. The van der Waals surface area contributed by atoms with Gasteiger partial charge < -0.3 is 5.11 Å². The third kappa shape index (κ3) is 3.19. The number of nitrogens with one attached hydrogen (secondary N) is 1. The number of rotatable bonds is 5. The van der Waals surface area contributed by atoms with Crippen molar-refractivity contribution >= 4 is 17.3 Å². The first-order chi connectivity index (χ1) is 9.09. The summed E-state index contributed by atoms with van der Waals surface area (Å²) in [7, 11) is 0. The van der Waals surface area contributed by atoms with Gasteiger partial charge in [0.05, 0.1) is 11.2 Å². The lowest BCUT2D eigenvalue weighted by atomic mass is 9.97. The number of aromatic nitrogens is 1. The number of carboxylic acid groups (broad SMARTS) is 1. The molecule has 2 rings (SSSR count). The fourth-order valence-corrected chi connectivity index (χ4v) is 2.51. The molecule has 1 heterocycles. The van der Waals surface area contributed by atoms with Gasteiger partial charge in [-0.05, 0) is 30.5 Å². The number of carbonyl (C=O) groups is 1. The summed E-state index contributed by atoms with van der Waals surface area (Å²) in [6.45, 7) is 4.39. The van der Waals surface area contributed by atoms with Crippen LogP contribution in [0.2, 0.25) is 0 Å². The molecular weight excluding hydrogens is 260 g/mol. The Morgan fingerprint density at radius 1 is 1.47 bits per heavy atom. The maximum absolute atomic E-state index is 11.4. The smallest absolute Gasteiger partial charge is 0.325 e. The predicted molar refractivity (Wildman–Crippen MR) is 75.2 cm³/mol. The topological polar surface area (TPSA) is 62.2 Å². The Hall–Kier alpha value is -1.72. The van der Waals surface area contributed by atoms with Crippen molar-refractivity contribution in [3.05, 3.63) is 51.5 Å². The minimum atomic E-state index is -0.871. The van der Waals surface area contributed by atoms with E-state index in [0.717, 1.165) is 22.4 Å². The van der Waals surface area contributed by atoms with Crippen LogP contribution in [0, 0.1) is 13.8 Å². The van der Waals surface area contributed by atoms with Gasteiger partial charge in [-0.2, -0.15) is 0 Å². The van der Waals surface area contributed by atoms with Crippen molar-refractivity contribution in [2.45, 2.75) is 26.4 Å². The molecule has 0 bridgehead atoms.